The van der Waals surface area contributed by atoms with E-state index in [0.29, 0.717) is 45.0 Å². The highest BCUT2D eigenvalue weighted by molar-refractivity contribution is 5.74. The van der Waals surface area contributed by atoms with Crippen LogP contribution in [0.25, 0.3) is 0 Å². The molecule has 0 fully saturated rings. The first-order valence-electron chi connectivity index (χ1n) is 11.7. The van der Waals surface area contributed by atoms with Crippen LogP contribution in [0.2, 0.25) is 0 Å². The Bertz CT molecular complexity index is 826. The van der Waals surface area contributed by atoms with Gasteiger partial charge in [0.15, 0.2) is 6.10 Å². The number of ether oxygens (including phenoxy) is 2. The van der Waals surface area contributed by atoms with Gasteiger partial charge in [-0.2, -0.15) is 0 Å². The van der Waals surface area contributed by atoms with E-state index in [9.17, 15) is 14.7 Å². The summed E-state index contributed by atoms with van der Waals surface area (Å²) in [6.45, 7) is 6.31. The smallest absolute Gasteiger partial charge is 0.333 e. The fraction of sp³-hybridized carbons (Fsp3) is 0.462. The maximum atomic E-state index is 12.7. The molecule has 0 saturated carbocycles. The van der Waals surface area contributed by atoms with E-state index >= 15 is 0 Å². The number of amides is 2. The minimum absolute atomic E-state index is 0.0930. The fourth-order valence-corrected chi connectivity index (χ4v) is 3.38. The van der Waals surface area contributed by atoms with Gasteiger partial charge in [-0.05, 0) is 36.6 Å². The van der Waals surface area contributed by atoms with Crippen LogP contribution in [0.5, 0.6) is 5.75 Å². The maximum absolute atomic E-state index is 12.7. The Kier molecular flexibility index (Phi) is 11.8. The number of carboxylic acid groups (broad SMARTS) is 1. The number of nitrogens with one attached hydrogen (secondary N) is 1. The van der Waals surface area contributed by atoms with Crippen LogP contribution in [-0.2, 0) is 22.5 Å². The molecule has 0 bridgehead atoms. The summed E-state index contributed by atoms with van der Waals surface area (Å²) in [4.78, 5) is 25.8. The van der Waals surface area contributed by atoms with Crippen LogP contribution < -0.4 is 10.1 Å². The van der Waals surface area contributed by atoms with Gasteiger partial charge >= 0.3 is 12.0 Å². The molecule has 0 aromatic heterocycles. The number of urea groups is 1. The van der Waals surface area contributed by atoms with Gasteiger partial charge in [0.2, 0.25) is 0 Å². The summed E-state index contributed by atoms with van der Waals surface area (Å²) >= 11 is 0. The molecule has 0 aliphatic carbocycles. The molecule has 0 heterocycles. The van der Waals surface area contributed by atoms with Crippen molar-refractivity contribution < 1.29 is 24.2 Å². The molecule has 0 aliphatic rings. The lowest BCUT2D eigenvalue weighted by Gasteiger charge is -2.23. The van der Waals surface area contributed by atoms with Crippen molar-refractivity contribution in [2.24, 2.45) is 0 Å². The molecule has 7 nitrogen and oxygen atoms in total. The number of hydrogen-bond donors (Lipinski definition) is 2. The molecule has 2 aromatic rings. The molecule has 33 heavy (non-hydrogen) atoms. The highest BCUT2D eigenvalue weighted by Gasteiger charge is 2.18. The first kappa shape index (κ1) is 26.2. The number of carbonyl (C=O) groups is 2. The van der Waals surface area contributed by atoms with Crippen LogP contribution in [-0.4, -0.2) is 54.4 Å². The molecule has 2 amide bonds. The molecule has 180 valence electrons. The molecule has 7 heteroatoms. The summed E-state index contributed by atoms with van der Waals surface area (Å²) in [6.07, 6.45) is 2.57. The van der Waals surface area contributed by atoms with E-state index in [1.165, 1.54) is 0 Å². The molecule has 2 aromatic carbocycles. The fourth-order valence-electron chi connectivity index (χ4n) is 3.38. The second kappa shape index (κ2) is 14.9. The Morgan fingerprint density at radius 3 is 2.33 bits per heavy atom. The van der Waals surface area contributed by atoms with Crippen LogP contribution >= 0.6 is 0 Å². The molecule has 2 rings (SSSR count). The highest BCUT2D eigenvalue weighted by Crippen LogP contribution is 2.15. The quantitative estimate of drug-likeness (QED) is 0.385. The van der Waals surface area contributed by atoms with Crippen molar-refractivity contribution in [3.05, 3.63) is 65.7 Å². The molecule has 0 aliphatic heterocycles. The lowest BCUT2D eigenvalue weighted by Crippen LogP contribution is -2.42. The maximum Gasteiger partial charge on any atom is 0.333 e. The second-order valence-electron chi connectivity index (χ2n) is 7.82. The number of benzene rings is 2. The van der Waals surface area contributed by atoms with Crippen molar-refractivity contribution in [1.29, 1.82) is 0 Å². The summed E-state index contributed by atoms with van der Waals surface area (Å²) in [5, 5.41) is 12.2. The van der Waals surface area contributed by atoms with Crippen LogP contribution in [0.3, 0.4) is 0 Å². The highest BCUT2D eigenvalue weighted by atomic mass is 16.5. The van der Waals surface area contributed by atoms with E-state index in [4.69, 9.17) is 9.47 Å². The molecule has 2 N–H and O–H groups in total. The van der Waals surface area contributed by atoms with Gasteiger partial charge in [-0.1, -0.05) is 62.2 Å². The average molecular weight is 457 g/mol. The average Bonchev–Trinajstić information content (AvgIpc) is 2.83. The normalized spacial score (nSPS) is 11.6. The molecule has 0 saturated heterocycles. The minimum Gasteiger partial charge on any atom is -0.492 e. The zero-order valence-corrected chi connectivity index (χ0v) is 19.7. The van der Waals surface area contributed by atoms with Crippen molar-refractivity contribution in [2.45, 2.75) is 52.2 Å². The van der Waals surface area contributed by atoms with Gasteiger partial charge in [-0.25, -0.2) is 9.59 Å². The minimum atomic E-state index is -0.967. The molecule has 0 radical (unpaired) electrons. The van der Waals surface area contributed by atoms with Gasteiger partial charge in [0.1, 0.15) is 12.4 Å². The topological polar surface area (TPSA) is 88.1 Å². The summed E-state index contributed by atoms with van der Waals surface area (Å²) < 4.78 is 11.1. The zero-order chi connectivity index (χ0) is 23.9. The van der Waals surface area contributed by atoms with Gasteiger partial charge in [0.05, 0.1) is 6.54 Å². The second-order valence-corrected chi connectivity index (χ2v) is 7.82. The number of unbranched alkanes of at least 4 members (excludes halogenated alkanes) is 2. The van der Waals surface area contributed by atoms with Crippen molar-refractivity contribution in [3.8, 4) is 5.75 Å². The summed E-state index contributed by atoms with van der Waals surface area (Å²) in [5.74, 6) is -0.286. The molecule has 0 spiro atoms. The largest absolute Gasteiger partial charge is 0.492 e. The Balaban J connectivity index is 1.84. The van der Waals surface area contributed by atoms with Crippen LogP contribution in [0, 0.1) is 0 Å². The van der Waals surface area contributed by atoms with Crippen LogP contribution in [0.4, 0.5) is 4.79 Å². The monoisotopic (exact) mass is 456 g/mol. The number of carbonyl (C=O) groups excluding carboxylic acids is 1. The molecular formula is C26H36N2O5. The first-order valence-corrected chi connectivity index (χ1v) is 11.7. The lowest BCUT2D eigenvalue weighted by atomic mass is 10.1. The summed E-state index contributed by atoms with van der Waals surface area (Å²) in [7, 11) is 0. The number of nitrogens with zero attached hydrogens (tertiary/aromatic N) is 1. The Labute approximate surface area is 196 Å². The summed E-state index contributed by atoms with van der Waals surface area (Å²) in [6, 6.07) is 17.1. The van der Waals surface area contributed by atoms with Crippen molar-refractivity contribution >= 4 is 12.0 Å². The number of carboxylic acids is 1. The van der Waals surface area contributed by atoms with Crippen LogP contribution in [0.15, 0.2) is 54.6 Å². The van der Waals surface area contributed by atoms with E-state index in [0.717, 1.165) is 30.4 Å². The SMILES string of the molecule is CCCCCN(CCOc1ccc(CC(OCC)C(=O)O)cc1)C(=O)NCc1ccccc1. The Morgan fingerprint density at radius 2 is 1.70 bits per heavy atom. The van der Waals surface area contributed by atoms with Crippen molar-refractivity contribution in [3.63, 3.8) is 0 Å². The van der Waals surface area contributed by atoms with Gasteiger partial charge in [-0.15, -0.1) is 0 Å². The lowest BCUT2D eigenvalue weighted by molar-refractivity contribution is -0.149. The number of rotatable bonds is 15. The number of aliphatic carboxylic acids is 1. The van der Waals surface area contributed by atoms with E-state index in [1.807, 2.05) is 54.6 Å². The Hall–Kier alpha value is -3.06. The third-order valence-electron chi connectivity index (χ3n) is 5.22. The van der Waals surface area contributed by atoms with Crippen molar-refractivity contribution in [1.82, 2.24) is 10.2 Å². The van der Waals surface area contributed by atoms with Crippen molar-refractivity contribution in [2.75, 3.05) is 26.3 Å². The Morgan fingerprint density at radius 1 is 0.970 bits per heavy atom. The first-order chi connectivity index (χ1) is 16.0. The third kappa shape index (κ3) is 9.95. The predicted octanol–water partition coefficient (Wildman–Crippen LogP) is 4.50. The molecule has 1 atom stereocenters. The van der Waals surface area contributed by atoms with E-state index in [2.05, 4.69) is 12.2 Å². The van der Waals surface area contributed by atoms with Gasteiger partial charge in [0, 0.05) is 26.1 Å². The van der Waals surface area contributed by atoms with Gasteiger partial charge in [0.25, 0.3) is 0 Å². The third-order valence-corrected chi connectivity index (χ3v) is 5.22. The van der Waals surface area contributed by atoms with Gasteiger partial charge < -0.3 is 24.8 Å². The predicted molar refractivity (Wildman–Crippen MR) is 128 cm³/mol. The van der Waals surface area contributed by atoms with E-state index < -0.39 is 12.1 Å². The number of hydrogen-bond acceptors (Lipinski definition) is 4. The molecule has 1 unspecified atom stereocenters. The van der Waals surface area contributed by atoms with Crippen LogP contribution in [0.1, 0.15) is 44.2 Å². The zero-order valence-electron chi connectivity index (χ0n) is 19.7. The molecular weight excluding hydrogens is 420 g/mol. The standard InChI is InChI=1S/C26H36N2O5/c1-3-5-9-16-28(26(31)27-20-22-10-7-6-8-11-22)17-18-33-23-14-12-21(13-15-23)19-24(25(29)30)32-4-2/h6-8,10-15,24H,3-5,9,16-20H2,1-2H3,(H,27,31)(H,29,30). The van der Waals surface area contributed by atoms with E-state index in [-0.39, 0.29) is 6.03 Å². The summed E-state index contributed by atoms with van der Waals surface area (Å²) in [5.41, 5.74) is 1.93. The van der Waals surface area contributed by atoms with E-state index in [1.54, 1.807) is 11.8 Å². The van der Waals surface area contributed by atoms with Gasteiger partial charge in [-0.3, -0.25) is 0 Å².